The Morgan fingerprint density at radius 3 is 2.95 bits per heavy atom. The van der Waals surface area contributed by atoms with Gasteiger partial charge in [0.1, 0.15) is 5.75 Å². The Hall–Kier alpha value is -1.27. The van der Waals surface area contributed by atoms with E-state index in [1.807, 2.05) is 11.8 Å². The molecule has 1 aliphatic rings. The fourth-order valence-corrected chi connectivity index (χ4v) is 3.64. The summed E-state index contributed by atoms with van der Waals surface area (Å²) in [6.07, 6.45) is 7.04. The molecule has 1 aromatic rings. The van der Waals surface area contributed by atoms with E-state index < -0.39 is 0 Å². The lowest BCUT2D eigenvalue weighted by atomic mass is 9.94. The lowest BCUT2D eigenvalue weighted by Crippen LogP contribution is -2.34. The second kappa shape index (κ2) is 7.66. The number of nitrogens with zero attached hydrogens (tertiary/aromatic N) is 1. The van der Waals surface area contributed by atoms with Crippen LogP contribution in [0.25, 0.3) is 0 Å². The Morgan fingerprint density at radius 2 is 2.29 bits per heavy atom. The van der Waals surface area contributed by atoms with Crippen molar-refractivity contribution in [1.82, 2.24) is 5.32 Å². The average Bonchev–Trinajstić information content (AvgIpc) is 2.52. The lowest BCUT2D eigenvalue weighted by molar-refractivity contribution is -0.384. The normalized spacial score (nSPS) is 22.0. The smallest absolute Gasteiger partial charge is 0.270 e. The third-order valence-corrected chi connectivity index (χ3v) is 5.11. The molecule has 21 heavy (non-hydrogen) atoms. The number of hydrogen-bond donors (Lipinski definition) is 1. The number of non-ortho nitro benzene ring substituents is 1. The van der Waals surface area contributed by atoms with Crippen molar-refractivity contribution in [1.29, 1.82) is 0 Å². The molecule has 116 valence electrons. The van der Waals surface area contributed by atoms with Gasteiger partial charge in [-0.15, -0.1) is 0 Å². The molecule has 1 fully saturated rings. The van der Waals surface area contributed by atoms with E-state index in [9.17, 15) is 10.1 Å². The summed E-state index contributed by atoms with van der Waals surface area (Å²) in [6, 6.07) is 5.23. The quantitative estimate of drug-likeness (QED) is 0.644. The molecule has 1 aliphatic carbocycles. The van der Waals surface area contributed by atoms with Gasteiger partial charge in [0.2, 0.25) is 0 Å². The van der Waals surface area contributed by atoms with Gasteiger partial charge in [-0.2, -0.15) is 11.8 Å². The largest absolute Gasteiger partial charge is 0.496 e. The van der Waals surface area contributed by atoms with Crippen LogP contribution in [-0.2, 0) is 6.54 Å². The van der Waals surface area contributed by atoms with Crippen LogP contribution >= 0.6 is 11.8 Å². The molecule has 1 aromatic carbocycles. The molecule has 0 bridgehead atoms. The van der Waals surface area contributed by atoms with E-state index in [1.165, 1.54) is 31.7 Å². The molecule has 1 N–H and O–H groups in total. The summed E-state index contributed by atoms with van der Waals surface area (Å²) in [5, 5.41) is 15.1. The minimum absolute atomic E-state index is 0.109. The molecule has 0 heterocycles. The van der Waals surface area contributed by atoms with Crippen molar-refractivity contribution in [3.05, 3.63) is 33.9 Å². The van der Waals surface area contributed by atoms with Gasteiger partial charge >= 0.3 is 0 Å². The van der Waals surface area contributed by atoms with Crippen LogP contribution in [0.3, 0.4) is 0 Å². The Bertz CT molecular complexity index is 496. The van der Waals surface area contributed by atoms with Crippen LogP contribution in [0.5, 0.6) is 5.75 Å². The van der Waals surface area contributed by atoms with E-state index in [1.54, 1.807) is 19.2 Å². The number of thioether (sulfide) groups is 1. The molecule has 6 heteroatoms. The highest BCUT2D eigenvalue weighted by Crippen LogP contribution is 2.28. The molecule has 1 saturated carbocycles. The highest BCUT2D eigenvalue weighted by molar-refractivity contribution is 7.99. The molecule has 0 amide bonds. The zero-order valence-corrected chi connectivity index (χ0v) is 13.3. The third-order valence-electron chi connectivity index (χ3n) is 4.02. The van der Waals surface area contributed by atoms with Crippen molar-refractivity contribution in [2.45, 2.75) is 43.5 Å². The van der Waals surface area contributed by atoms with Gasteiger partial charge < -0.3 is 10.1 Å². The van der Waals surface area contributed by atoms with Gasteiger partial charge in [-0.25, -0.2) is 0 Å². The van der Waals surface area contributed by atoms with Gasteiger partial charge in [-0.1, -0.05) is 6.42 Å². The van der Waals surface area contributed by atoms with Crippen molar-refractivity contribution < 1.29 is 9.66 Å². The summed E-state index contributed by atoms with van der Waals surface area (Å²) in [4.78, 5) is 10.5. The second-order valence-corrected chi connectivity index (χ2v) is 6.49. The van der Waals surface area contributed by atoms with Crippen LogP contribution in [0.1, 0.15) is 31.2 Å². The summed E-state index contributed by atoms with van der Waals surface area (Å²) in [5.74, 6) is 0.699. The average molecular weight is 310 g/mol. The topological polar surface area (TPSA) is 64.4 Å². The molecular weight excluding hydrogens is 288 g/mol. The highest BCUT2D eigenvalue weighted by atomic mass is 32.2. The standard InChI is InChI=1S/C15H22N2O3S/c1-20-15-7-6-13(17(18)19)8-11(15)10-16-12-4-3-5-14(9-12)21-2/h6-8,12,14,16H,3-5,9-10H2,1-2H3. The number of nitro benzene ring substituents is 1. The first-order valence-corrected chi connectivity index (χ1v) is 8.50. The molecule has 0 radical (unpaired) electrons. The minimum Gasteiger partial charge on any atom is -0.496 e. The first-order chi connectivity index (χ1) is 10.1. The SMILES string of the molecule is COc1ccc([N+](=O)[O-])cc1CNC1CCCC(SC)C1. The van der Waals surface area contributed by atoms with Crippen molar-refractivity contribution >= 4 is 17.4 Å². The monoisotopic (exact) mass is 310 g/mol. The van der Waals surface area contributed by atoms with Crippen molar-refractivity contribution in [2.24, 2.45) is 0 Å². The van der Waals surface area contributed by atoms with Crippen LogP contribution < -0.4 is 10.1 Å². The molecular formula is C15H22N2O3S. The van der Waals surface area contributed by atoms with Gasteiger partial charge in [-0.3, -0.25) is 10.1 Å². The Kier molecular flexibility index (Phi) is 5.87. The van der Waals surface area contributed by atoms with Crippen molar-refractivity contribution in [3.8, 4) is 5.75 Å². The van der Waals surface area contributed by atoms with Crippen molar-refractivity contribution in [2.75, 3.05) is 13.4 Å². The predicted molar refractivity (Wildman–Crippen MR) is 86.0 cm³/mol. The van der Waals surface area contributed by atoms with E-state index >= 15 is 0 Å². The maximum absolute atomic E-state index is 10.9. The fraction of sp³-hybridized carbons (Fsp3) is 0.600. The number of ether oxygens (including phenoxy) is 1. The molecule has 2 atom stereocenters. The maximum atomic E-state index is 10.9. The Balaban J connectivity index is 2.01. The molecule has 2 unspecified atom stereocenters. The predicted octanol–water partition coefficient (Wildman–Crippen LogP) is 3.37. The van der Waals surface area contributed by atoms with Gasteiger partial charge in [0, 0.05) is 35.5 Å². The van der Waals surface area contributed by atoms with E-state index in [0.29, 0.717) is 18.3 Å². The van der Waals surface area contributed by atoms with E-state index in [-0.39, 0.29) is 10.6 Å². The van der Waals surface area contributed by atoms with Crippen LogP contribution in [-0.4, -0.2) is 29.6 Å². The molecule has 0 spiro atoms. The number of nitrogens with one attached hydrogen (secondary N) is 1. The van der Waals surface area contributed by atoms with Crippen LogP contribution in [0.2, 0.25) is 0 Å². The Labute approximate surface area is 129 Å². The third kappa shape index (κ3) is 4.35. The second-order valence-electron chi connectivity index (χ2n) is 5.36. The number of rotatable bonds is 6. The summed E-state index contributed by atoms with van der Waals surface area (Å²) in [7, 11) is 1.59. The lowest BCUT2D eigenvalue weighted by Gasteiger charge is -2.29. The van der Waals surface area contributed by atoms with E-state index in [0.717, 1.165) is 10.8 Å². The molecule has 5 nitrogen and oxygen atoms in total. The fourth-order valence-electron chi connectivity index (χ4n) is 2.82. The summed E-state index contributed by atoms with van der Waals surface area (Å²) >= 11 is 1.93. The van der Waals surface area contributed by atoms with Crippen LogP contribution in [0.15, 0.2) is 18.2 Å². The van der Waals surface area contributed by atoms with Crippen LogP contribution in [0, 0.1) is 10.1 Å². The molecule has 0 aliphatic heterocycles. The molecule has 0 saturated heterocycles. The first kappa shape index (κ1) is 16.1. The number of methoxy groups -OCH3 is 1. The highest BCUT2D eigenvalue weighted by Gasteiger charge is 2.21. The molecule has 2 rings (SSSR count). The number of nitro groups is 1. The van der Waals surface area contributed by atoms with Crippen LogP contribution in [0.4, 0.5) is 5.69 Å². The van der Waals surface area contributed by atoms with Gasteiger partial charge in [0.05, 0.1) is 12.0 Å². The zero-order valence-electron chi connectivity index (χ0n) is 12.5. The van der Waals surface area contributed by atoms with Gasteiger partial charge in [0.25, 0.3) is 5.69 Å². The first-order valence-electron chi connectivity index (χ1n) is 7.21. The maximum Gasteiger partial charge on any atom is 0.270 e. The van der Waals surface area contributed by atoms with Crippen molar-refractivity contribution in [3.63, 3.8) is 0 Å². The minimum atomic E-state index is -0.368. The van der Waals surface area contributed by atoms with E-state index in [4.69, 9.17) is 4.74 Å². The van der Waals surface area contributed by atoms with E-state index in [2.05, 4.69) is 11.6 Å². The molecule has 0 aromatic heterocycles. The van der Waals surface area contributed by atoms with Gasteiger partial charge in [0.15, 0.2) is 0 Å². The summed E-state index contributed by atoms with van der Waals surface area (Å²) < 4.78 is 5.30. The number of hydrogen-bond acceptors (Lipinski definition) is 5. The number of benzene rings is 1. The zero-order chi connectivity index (χ0) is 15.2. The summed E-state index contributed by atoms with van der Waals surface area (Å²) in [5.41, 5.74) is 0.955. The van der Waals surface area contributed by atoms with Gasteiger partial charge in [-0.05, 0) is 31.6 Å². The summed E-state index contributed by atoms with van der Waals surface area (Å²) in [6.45, 7) is 0.608. The Morgan fingerprint density at radius 1 is 1.48 bits per heavy atom.